The number of nitrogens with zero attached hydrogens (tertiary/aromatic N) is 5. The average Bonchev–Trinajstić information content (AvgIpc) is 3.71. The molecule has 13 N–H and O–H groups in total. The molecule has 11 atom stereocenters. The van der Waals surface area contributed by atoms with Crippen molar-refractivity contribution in [2.75, 3.05) is 18.9 Å². The lowest BCUT2D eigenvalue weighted by atomic mass is 10.1. The number of hydrogen-bond acceptors (Lipinski definition) is 20. The van der Waals surface area contributed by atoms with Crippen LogP contribution in [0.25, 0.3) is 11.2 Å². The van der Waals surface area contributed by atoms with Gasteiger partial charge < -0.3 is 61.4 Å². The number of nitrogen functional groups attached to an aromatic ring is 1. The maximum atomic E-state index is 12.8. The molecule has 0 spiro atoms. The Balaban J connectivity index is 1.23. The number of hydroxylamine groups is 1. The van der Waals surface area contributed by atoms with Gasteiger partial charge in [-0.15, -0.1) is 0 Å². The molecule has 5 rings (SSSR count). The fraction of sp³-hybridized carbons (Fsp3) is 0.565. The van der Waals surface area contributed by atoms with E-state index < -0.39 is 97.8 Å². The first-order chi connectivity index (χ1) is 24.2. The third-order valence-electron chi connectivity index (χ3n) is 7.47. The Morgan fingerprint density at radius 1 is 1.02 bits per heavy atom. The van der Waals surface area contributed by atoms with Gasteiger partial charge in [0.15, 0.2) is 23.9 Å². The SMILES string of the molecule is CC(N)NO[C@H]1[C@@H](O)[C@H](N2C=CCC(C(N)=O)=C2)O[C@@H]1COP(=O)(O)OP(=O)(O)OC[C@H]1O[C@@H](n2cnc3c(N)ncnc32)[C@H](OP(=O)(O)O)[C@@H]1O. The molecule has 2 aromatic heterocycles. The maximum Gasteiger partial charge on any atom is 0.481 e. The second-order valence-electron chi connectivity index (χ2n) is 11.4. The molecular weight excluding hydrogens is 767 g/mol. The standard InChI is InChI=1S/C23H36N9O17P3/c1-10(24)30-47-17-13(46-22(16(17)34)31-4-2-3-11(5-31)20(26)35)7-44-52(41,42)49-51(39,40)43-6-12-15(33)18(48-50(36,37)38)23(45-12)32-9-29-14-19(25)27-8-28-21(14)32/h2,4-5,8-10,12-13,15-18,22-23,30,33-34H,3,6-7,24H2,1H3,(H2,26,35)(H,39,40)(H,41,42)(H2,25,27,28)(H2,36,37,38)/t10?,12-,13-,15-,16-,17-,18-,22-,23-/m1/s1. The average molecular weight is 804 g/mol. The summed E-state index contributed by atoms with van der Waals surface area (Å²) in [4.78, 5) is 69.6. The van der Waals surface area contributed by atoms with Crippen molar-refractivity contribution in [1.82, 2.24) is 29.9 Å². The van der Waals surface area contributed by atoms with Crippen molar-refractivity contribution >= 4 is 46.4 Å². The van der Waals surface area contributed by atoms with Gasteiger partial charge in [0.25, 0.3) is 0 Å². The number of hydrogen-bond donors (Lipinski definition) is 10. The third-order valence-corrected chi connectivity index (χ3v) is 10.6. The molecule has 1 amide bonds. The summed E-state index contributed by atoms with van der Waals surface area (Å²) in [7, 11) is -16.3. The molecule has 0 radical (unpaired) electrons. The van der Waals surface area contributed by atoms with Crippen LogP contribution in [0.2, 0.25) is 0 Å². The predicted octanol–water partition coefficient (Wildman–Crippen LogP) is -2.74. The normalized spacial score (nSPS) is 31.0. The van der Waals surface area contributed by atoms with Crippen molar-refractivity contribution in [1.29, 1.82) is 0 Å². The van der Waals surface area contributed by atoms with E-state index in [2.05, 4.69) is 24.7 Å². The molecule has 2 saturated heterocycles. The number of carbonyl (C=O) groups excluding carboxylic acids is 1. The number of ether oxygens (including phenoxy) is 2. The van der Waals surface area contributed by atoms with Crippen molar-refractivity contribution in [3.8, 4) is 0 Å². The van der Waals surface area contributed by atoms with Gasteiger partial charge in [-0.05, 0) is 13.3 Å². The number of nitrogens with one attached hydrogen (secondary N) is 1. The minimum absolute atomic E-state index is 0.00502. The number of amides is 1. The largest absolute Gasteiger partial charge is 0.481 e. The monoisotopic (exact) mass is 803 g/mol. The summed E-state index contributed by atoms with van der Waals surface area (Å²) in [6.07, 6.45) is -6.48. The highest BCUT2D eigenvalue weighted by Crippen LogP contribution is 2.61. The fourth-order valence-corrected chi connectivity index (χ4v) is 7.89. The van der Waals surface area contributed by atoms with Crippen LogP contribution in [-0.2, 0) is 50.7 Å². The van der Waals surface area contributed by atoms with Crippen LogP contribution in [0.4, 0.5) is 5.82 Å². The smallest absolute Gasteiger partial charge is 0.387 e. The summed E-state index contributed by atoms with van der Waals surface area (Å²) in [6, 6.07) is 0. The molecule has 3 aliphatic rings. The molecule has 52 heavy (non-hydrogen) atoms. The van der Waals surface area contributed by atoms with Gasteiger partial charge in [0.05, 0.1) is 25.7 Å². The number of anilines is 1. The van der Waals surface area contributed by atoms with E-state index in [1.807, 2.05) is 0 Å². The predicted molar refractivity (Wildman–Crippen MR) is 168 cm³/mol. The molecule has 3 unspecified atom stereocenters. The van der Waals surface area contributed by atoms with Gasteiger partial charge in [0.1, 0.15) is 48.5 Å². The first-order valence-electron chi connectivity index (χ1n) is 14.9. The zero-order valence-electron chi connectivity index (χ0n) is 26.7. The summed E-state index contributed by atoms with van der Waals surface area (Å²) in [5, 5.41) is 21.8. The van der Waals surface area contributed by atoms with Crippen LogP contribution in [0, 0.1) is 0 Å². The van der Waals surface area contributed by atoms with Gasteiger partial charge in [-0.25, -0.2) is 28.6 Å². The molecule has 0 aromatic carbocycles. The molecule has 0 bridgehead atoms. The molecule has 2 fully saturated rings. The molecule has 0 saturated carbocycles. The summed E-state index contributed by atoms with van der Waals surface area (Å²) in [5.74, 6) is -0.781. The highest BCUT2D eigenvalue weighted by atomic mass is 31.3. The number of carbonyl (C=O) groups is 1. The van der Waals surface area contributed by atoms with E-state index in [9.17, 15) is 48.3 Å². The van der Waals surface area contributed by atoms with Crippen LogP contribution in [0.1, 0.15) is 19.6 Å². The van der Waals surface area contributed by atoms with Gasteiger partial charge in [0.2, 0.25) is 5.91 Å². The number of aliphatic hydroxyl groups excluding tert-OH is 2. The number of nitrogens with two attached hydrogens (primary N) is 3. The van der Waals surface area contributed by atoms with Gasteiger partial charge >= 0.3 is 23.5 Å². The number of aromatic nitrogens is 4. The Kier molecular flexibility index (Phi) is 12.3. The van der Waals surface area contributed by atoms with Gasteiger partial charge in [-0.3, -0.25) is 27.8 Å². The van der Waals surface area contributed by atoms with E-state index in [-0.39, 0.29) is 29.0 Å². The van der Waals surface area contributed by atoms with Crippen molar-refractivity contribution in [3.05, 3.63) is 36.7 Å². The van der Waals surface area contributed by atoms with E-state index in [1.165, 1.54) is 24.2 Å². The minimum atomic E-state index is -5.54. The lowest BCUT2D eigenvalue weighted by Gasteiger charge is -2.29. The molecule has 29 heteroatoms. The molecular formula is C23H36N9O17P3. The Bertz CT molecular complexity index is 1830. The quantitative estimate of drug-likeness (QED) is 0.0467. The summed E-state index contributed by atoms with van der Waals surface area (Å²) < 4.78 is 68.4. The first-order valence-corrected chi connectivity index (χ1v) is 19.4. The van der Waals surface area contributed by atoms with E-state index in [1.54, 1.807) is 6.08 Å². The molecule has 0 aliphatic carbocycles. The molecule has 290 valence electrons. The van der Waals surface area contributed by atoms with Crippen LogP contribution in [0.5, 0.6) is 0 Å². The lowest BCUT2D eigenvalue weighted by Crippen LogP contribution is -2.46. The first kappa shape index (κ1) is 40.4. The number of primary amides is 1. The van der Waals surface area contributed by atoms with Crippen molar-refractivity contribution in [2.45, 2.75) is 68.6 Å². The maximum absolute atomic E-state index is 12.8. The highest BCUT2D eigenvalue weighted by molar-refractivity contribution is 7.61. The molecule has 3 aliphatic heterocycles. The van der Waals surface area contributed by atoms with E-state index in [4.69, 9.17) is 45.1 Å². The van der Waals surface area contributed by atoms with Gasteiger partial charge in [-0.1, -0.05) is 6.08 Å². The topological polar surface area (TPSA) is 391 Å². The van der Waals surface area contributed by atoms with E-state index >= 15 is 0 Å². The summed E-state index contributed by atoms with van der Waals surface area (Å²) in [5.41, 5.74) is 19.4. The van der Waals surface area contributed by atoms with Gasteiger partial charge in [-0.2, -0.15) is 9.79 Å². The molecule has 2 aromatic rings. The lowest BCUT2D eigenvalue weighted by molar-refractivity contribution is -0.115. The van der Waals surface area contributed by atoms with Crippen LogP contribution >= 0.6 is 23.5 Å². The second kappa shape index (κ2) is 15.9. The van der Waals surface area contributed by atoms with E-state index in [0.29, 0.717) is 0 Å². The molecule has 5 heterocycles. The Morgan fingerprint density at radius 2 is 1.67 bits per heavy atom. The zero-order valence-corrected chi connectivity index (χ0v) is 29.4. The van der Waals surface area contributed by atoms with Crippen molar-refractivity contribution < 1.29 is 80.5 Å². The number of allylic oxidation sites excluding steroid dienone is 1. The Morgan fingerprint density at radius 3 is 2.31 bits per heavy atom. The van der Waals surface area contributed by atoms with Crippen molar-refractivity contribution in [3.63, 3.8) is 0 Å². The highest BCUT2D eigenvalue weighted by Gasteiger charge is 2.51. The number of rotatable bonds is 16. The van der Waals surface area contributed by atoms with Crippen LogP contribution in [-0.4, -0.2) is 122 Å². The summed E-state index contributed by atoms with van der Waals surface area (Å²) in [6.45, 7) is -0.462. The van der Waals surface area contributed by atoms with Crippen LogP contribution in [0.3, 0.4) is 0 Å². The fourth-order valence-electron chi connectivity index (χ4n) is 5.25. The number of phosphoric ester groups is 3. The van der Waals surface area contributed by atoms with E-state index in [0.717, 1.165) is 17.2 Å². The number of fused-ring (bicyclic) bond motifs is 1. The third kappa shape index (κ3) is 9.64. The number of phosphoric acid groups is 3. The summed E-state index contributed by atoms with van der Waals surface area (Å²) >= 11 is 0. The van der Waals surface area contributed by atoms with Gasteiger partial charge in [0, 0.05) is 18.0 Å². The second-order valence-corrected chi connectivity index (χ2v) is 15.6. The van der Waals surface area contributed by atoms with Crippen LogP contribution < -0.4 is 22.7 Å². The Hall–Kier alpha value is -2.81. The number of imidazole rings is 1. The minimum Gasteiger partial charge on any atom is -0.387 e. The van der Waals surface area contributed by atoms with Crippen molar-refractivity contribution in [2.24, 2.45) is 11.5 Å². The zero-order chi connectivity index (χ0) is 38.2. The number of aliphatic hydroxyl groups is 2. The van der Waals surface area contributed by atoms with Crippen LogP contribution in [0.15, 0.2) is 36.7 Å². The molecule has 26 nitrogen and oxygen atoms in total. The Labute approximate surface area is 292 Å².